The zero-order chi connectivity index (χ0) is 20.3. The van der Waals surface area contributed by atoms with E-state index in [2.05, 4.69) is 0 Å². The smallest absolute Gasteiger partial charge is 0.314 e. The number of sulfonamides is 1. The Morgan fingerprint density at radius 3 is 2.18 bits per heavy atom. The predicted octanol–water partition coefficient (Wildman–Crippen LogP) is 2.98. The van der Waals surface area contributed by atoms with Crippen molar-refractivity contribution < 1.29 is 31.5 Å². The molecule has 1 aliphatic heterocycles. The highest BCUT2D eigenvalue weighted by molar-refractivity contribution is 7.89. The summed E-state index contributed by atoms with van der Waals surface area (Å²) in [6.07, 6.45) is 0.551. The third-order valence-electron chi connectivity index (χ3n) is 4.59. The Kier molecular flexibility index (Phi) is 5.95. The zero-order valence-corrected chi connectivity index (χ0v) is 15.9. The average molecular weight is 411 g/mol. The molecule has 2 aromatic rings. The first-order valence-corrected chi connectivity index (χ1v) is 10.1. The first kappa shape index (κ1) is 20.2. The molecule has 0 spiro atoms. The number of hydrogen-bond donors (Lipinski definition) is 0. The van der Waals surface area contributed by atoms with Gasteiger partial charge in [-0.3, -0.25) is 4.79 Å². The van der Waals surface area contributed by atoms with Crippen molar-refractivity contribution in [3.63, 3.8) is 0 Å². The van der Waals surface area contributed by atoms with Crippen molar-refractivity contribution in [2.45, 2.75) is 17.7 Å². The number of halogens is 2. The Morgan fingerprint density at radius 2 is 1.61 bits per heavy atom. The topological polar surface area (TPSA) is 72.9 Å². The fourth-order valence-electron chi connectivity index (χ4n) is 2.96. The fourth-order valence-corrected chi connectivity index (χ4v) is 4.44. The van der Waals surface area contributed by atoms with Crippen molar-refractivity contribution in [2.75, 3.05) is 20.2 Å². The zero-order valence-electron chi connectivity index (χ0n) is 15.1. The summed E-state index contributed by atoms with van der Waals surface area (Å²) in [6.45, 7) is 0.174. The van der Waals surface area contributed by atoms with Crippen LogP contribution in [0.1, 0.15) is 12.8 Å². The second-order valence-corrected chi connectivity index (χ2v) is 8.29. The summed E-state index contributed by atoms with van der Waals surface area (Å²) in [5, 5.41) is 0. The minimum atomic E-state index is -3.96. The summed E-state index contributed by atoms with van der Waals surface area (Å²) in [5.41, 5.74) is 0. The number of rotatable bonds is 5. The van der Waals surface area contributed by atoms with Gasteiger partial charge in [-0.2, -0.15) is 4.31 Å². The SMILES string of the molecule is COc1ccc(OC(=O)C2CCN(S(=O)(=O)c3ccc(F)c(F)c3)CC2)cc1. The van der Waals surface area contributed by atoms with Crippen LogP contribution in [0.3, 0.4) is 0 Å². The van der Waals surface area contributed by atoms with Gasteiger partial charge in [-0.05, 0) is 55.3 Å². The molecule has 3 rings (SSSR count). The van der Waals surface area contributed by atoms with E-state index in [1.54, 1.807) is 24.3 Å². The molecule has 9 heteroatoms. The molecule has 0 unspecified atom stereocenters. The monoisotopic (exact) mass is 411 g/mol. The van der Waals surface area contributed by atoms with Gasteiger partial charge in [-0.1, -0.05) is 0 Å². The fraction of sp³-hybridized carbons (Fsp3) is 0.316. The molecule has 1 heterocycles. The van der Waals surface area contributed by atoms with Crippen LogP contribution in [0.2, 0.25) is 0 Å². The normalized spacial score (nSPS) is 16.0. The molecule has 0 amide bonds. The first-order valence-electron chi connectivity index (χ1n) is 8.62. The molecule has 0 N–H and O–H groups in total. The van der Waals surface area contributed by atoms with Crippen LogP contribution in [0.15, 0.2) is 47.4 Å². The van der Waals surface area contributed by atoms with Crippen LogP contribution in [0.25, 0.3) is 0 Å². The molecule has 28 heavy (non-hydrogen) atoms. The molecule has 2 aromatic carbocycles. The molecule has 0 saturated carbocycles. The standard InChI is InChI=1S/C19H19F2NO5S/c1-26-14-2-4-15(5-3-14)27-19(23)13-8-10-22(11-9-13)28(24,25)16-6-7-17(20)18(21)12-16/h2-7,12-13H,8-11H2,1H3. The van der Waals surface area contributed by atoms with E-state index in [0.717, 1.165) is 16.4 Å². The van der Waals surface area contributed by atoms with E-state index in [0.29, 0.717) is 17.6 Å². The maximum atomic E-state index is 13.4. The number of ether oxygens (including phenoxy) is 2. The summed E-state index contributed by atoms with van der Waals surface area (Å²) in [6, 6.07) is 9.02. The van der Waals surface area contributed by atoms with Crippen LogP contribution in [0.5, 0.6) is 11.5 Å². The highest BCUT2D eigenvalue weighted by Gasteiger charge is 2.33. The first-order chi connectivity index (χ1) is 13.3. The number of benzene rings is 2. The van der Waals surface area contributed by atoms with E-state index >= 15 is 0 Å². The lowest BCUT2D eigenvalue weighted by atomic mass is 9.98. The van der Waals surface area contributed by atoms with Gasteiger partial charge in [0.15, 0.2) is 11.6 Å². The number of nitrogens with zero attached hydrogens (tertiary/aromatic N) is 1. The molecule has 6 nitrogen and oxygen atoms in total. The number of carbonyl (C=O) groups excluding carboxylic acids is 1. The third-order valence-corrected chi connectivity index (χ3v) is 6.49. The third kappa shape index (κ3) is 4.31. The molecule has 0 aromatic heterocycles. The van der Waals surface area contributed by atoms with Crippen molar-refractivity contribution >= 4 is 16.0 Å². The largest absolute Gasteiger partial charge is 0.497 e. The van der Waals surface area contributed by atoms with Gasteiger partial charge < -0.3 is 9.47 Å². The minimum Gasteiger partial charge on any atom is -0.497 e. The maximum Gasteiger partial charge on any atom is 0.314 e. The molecule has 1 aliphatic rings. The quantitative estimate of drug-likeness (QED) is 0.559. The second-order valence-electron chi connectivity index (χ2n) is 6.35. The Balaban J connectivity index is 1.61. The summed E-state index contributed by atoms with van der Waals surface area (Å²) in [4.78, 5) is 12.0. The van der Waals surface area contributed by atoms with Gasteiger partial charge in [0.25, 0.3) is 0 Å². The van der Waals surface area contributed by atoms with Crippen molar-refractivity contribution in [1.29, 1.82) is 0 Å². The van der Waals surface area contributed by atoms with Crippen molar-refractivity contribution in [2.24, 2.45) is 5.92 Å². The number of hydrogen-bond acceptors (Lipinski definition) is 5. The molecule has 0 atom stereocenters. The highest BCUT2D eigenvalue weighted by Crippen LogP contribution is 2.26. The average Bonchev–Trinajstić information content (AvgIpc) is 2.70. The van der Waals surface area contributed by atoms with E-state index in [1.807, 2.05) is 0 Å². The van der Waals surface area contributed by atoms with Crippen LogP contribution < -0.4 is 9.47 Å². The van der Waals surface area contributed by atoms with E-state index in [4.69, 9.17) is 9.47 Å². The Hall–Kier alpha value is -2.52. The van der Waals surface area contributed by atoms with E-state index < -0.39 is 33.5 Å². The minimum absolute atomic E-state index is 0.0870. The van der Waals surface area contributed by atoms with Gasteiger partial charge in [0.05, 0.1) is 17.9 Å². The lowest BCUT2D eigenvalue weighted by Crippen LogP contribution is -2.41. The van der Waals surface area contributed by atoms with E-state index in [1.165, 1.54) is 7.11 Å². The van der Waals surface area contributed by atoms with Crippen molar-refractivity contribution in [3.05, 3.63) is 54.1 Å². The lowest BCUT2D eigenvalue weighted by Gasteiger charge is -2.30. The molecular weight excluding hydrogens is 392 g/mol. The molecule has 0 bridgehead atoms. The van der Waals surface area contributed by atoms with Gasteiger partial charge in [-0.25, -0.2) is 17.2 Å². The molecule has 1 fully saturated rings. The Labute approximate surface area is 161 Å². The summed E-state index contributed by atoms with van der Waals surface area (Å²) >= 11 is 0. The molecule has 1 saturated heterocycles. The second kappa shape index (κ2) is 8.24. The predicted molar refractivity (Wildman–Crippen MR) is 96.5 cm³/mol. The van der Waals surface area contributed by atoms with Crippen LogP contribution in [0.4, 0.5) is 8.78 Å². The number of methoxy groups -OCH3 is 1. The number of piperidine rings is 1. The van der Waals surface area contributed by atoms with Gasteiger partial charge in [0.2, 0.25) is 10.0 Å². The highest BCUT2D eigenvalue weighted by atomic mass is 32.2. The number of esters is 1. The van der Waals surface area contributed by atoms with Crippen molar-refractivity contribution in [1.82, 2.24) is 4.31 Å². The lowest BCUT2D eigenvalue weighted by molar-refractivity contribution is -0.140. The van der Waals surface area contributed by atoms with Gasteiger partial charge in [0, 0.05) is 13.1 Å². The van der Waals surface area contributed by atoms with Gasteiger partial charge in [-0.15, -0.1) is 0 Å². The van der Waals surface area contributed by atoms with Gasteiger partial charge >= 0.3 is 5.97 Å². The van der Waals surface area contributed by atoms with Crippen LogP contribution in [-0.2, 0) is 14.8 Å². The van der Waals surface area contributed by atoms with Crippen LogP contribution >= 0.6 is 0 Å². The summed E-state index contributed by atoms with van der Waals surface area (Å²) < 4.78 is 63.1. The Bertz CT molecular complexity index is 955. The van der Waals surface area contributed by atoms with E-state index in [9.17, 15) is 22.0 Å². The maximum absolute atomic E-state index is 13.4. The van der Waals surface area contributed by atoms with Gasteiger partial charge in [0.1, 0.15) is 11.5 Å². The molecule has 0 aliphatic carbocycles. The van der Waals surface area contributed by atoms with E-state index in [-0.39, 0.29) is 30.8 Å². The van der Waals surface area contributed by atoms with Crippen molar-refractivity contribution in [3.8, 4) is 11.5 Å². The Morgan fingerprint density at radius 1 is 1.00 bits per heavy atom. The molecule has 150 valence electrons. The van der Waals surface area contributed by atoms with Crippen LogP contribution in [0, 0.1) is 17.6 Å². The van der Waals surface area contributed by atoms with Crippen LogP contribution in [-0.4, -0.2) is 38.9 Å². The summed E-state index contributed by atoms with van der Waals surface area (Å²) in [5.74, 6) is -2.20. The summed E-state index contributed by atoms with van der Waals surface area (Å²) in [7, 11) is -2.43. The number of carbonyl (C=O) groups is 1. The molecule has 0 radical (unpaired) electrons. The molecular formula is C19H19F2NO5S.